The van der Waals surface area contributed by atoms with Crippen LogP contribution < -0.4 is 10.1 Å². The molecule has 1 N–H and O–H groups in total. The molecule has 1 aromatic carbocycles. The lowest BCUT2D eigenvalue weighted by molar-refractivity contribution is 0.0940. The van der Waals surface area contributed by atoms with Crippen LogP contribution in [0.2, 0.25) is 0 Å². The number of sulfone groups is 1. The van der Waals surface area contributed by atoms with Gasteiger partial charge in [-0.1, -0.05) is 18.2 Å². The molecule has 1 aromatic heterocycles. The van der Waals surface area contributed by atoms with Crippen LogP contribution in [0.25, 0.3) is 0 Å². The molecular weight excluding hydrogens is 316 g/mol. The number of pyridine rings is 1. The fourth-order valence-electron chi connectivity index (χ4n) is 2.36. The zero-order valence-corrected chi connectivity index (χ0v) is 13.1. The third-order valence-electron chi connectivity index (χ3n) is 3.53. The molecule has 1 fully saturated rings. The van der Waals surface area contributed by atoms with Crippen LogP contribution in [0.4, 0.5) is 0 Å². The fraction of sp³-hybridized carbons (Fsp3) is 0.250. The van der Waals surface area contributed by atoms with Gasteiger partial charge in [0.2, 0.25) is 5.88 Å². The first-order valence-corrected chi connectivity index (χ1v) is 9.04. The second-order valence-electron chi connectivity index (χ2n) is 5.37. The summed E-state index contributed by atoms with van der Waals surface area (Å²) in [5.41, 5.74) is 0.370. The van der Waals surface area contributed by atoms with E-state index in [-0.39, 0.29) is 23.5 Å². The number of aromatic nitrogens is 1. The molecule has 1 atom stereocenters. The molecule has 6 nitrogen and oxygen atoms in total. The summed E-state index contributed by atoms with van der Waals surface area (Å²) < 4.78 is 28.3. The van der Waals surface area contributed by atoms with Gasteiger partial charge in [0.25, 0.3) is 5.91 Å². The van der Waals surface area contributed by atoms with Gasteiger partial charge < -0.3 is 10.1 Å². The average Bonchev–Trinajstić information content (AvgIpc) is 2.88. The minimum Gasteiger partial charge on any atom is -0.439 e. The second kappa shape index (κ2) is 6.37. The van der Waals surface area contributed by atoms with Gasteiger partial charge in [0.1, 0.15) is 5.75 Å². The van der Waals surface area contributed by atoms with Crippen molar-refractivity contribution in [1.82, 2.24) is 10.3 Å². The van der Waals surface area contributed by atoms with Crippen molar-refractivity contribution < 1.29 is 17.9 Å². The summed E-state index contributed by atoms with van der Waals surface area (Å²) in [7, 11) is -3.01. The third kappa shape index (κ3) is 4.07. The van der Waals surface area contributed by atoms with Crippen molar-refractivity contribution in [2.24, 2.45) is 0 Å². The Hall–Kier alpha value is -2.41. The largest absolute Gasteiger partial charge is 0.439 e. The van der Waals surface area contributed by atoms with Crippen LogP contribution in [-0.4, -0.2) is 36.9 Å². The standard InChI is InChI=1S/C16H16N2O4S/c19-16(18-13-8-9-23(20,21)11-13)12-6-7-15(17-10-12)22-14-4-2-1-3-5-14/h1-7,10,13H,8-9,11H2,(H,18,19)/t13-/m0/s1. The van der Waals surface area contributed by atoms with E-state index in [1.54, 1.807) is 12.1 Å². The van der Waals surface area contributed by atoms with Gasteiger partial charge >= 0.3 is 0 Å². The Morgan fingerprint density at radius 3 is 2.57 bits per heavy atom. The molecule has 0 radical (unpaired) electrons. The van der Waals surface area contributed by atoms with Crippen LogP contribution in [0.15, 0.2) is 48.7 Å². The summed E-state index contributed by atoms with van der Waals surface area (Å²) >= 11 is 0. The van der Waals surface area contributed by atoms with Gasteiger partial charge in [-0.05, 0) is 24.6 Å². The number of benzene rings is 1. The minimum absolute atomic E-state index is 0.00136. The minimum atomic E-state index is -3.01. The summed E-state index contributed by atoms with van der Waals surface area (Å²) in [6, 6.07) is 12.1. The van der Waals surface area contributed by atoms with E-state index in [4.69, 9.17) is 4.74 Å². The van der Waals surface area contributed by atoms with E-state index in [1.165, 1.54) is 6.20 Å². The van der Waals surface area contributed by atoms with Crippen molar-refractivity contribution in [3.8, 4) is 11.6 Å². The molecule has 120 valence electrons. The molecule has 1 aliphatic heterocycles. The fourth-order valence-corrected chi connectivity index (χ4v) is 4.04. The highest BCUT2D eigenvalue weighted by Gasteiger charge is 2.29. The van der Waals surface area contributed by atoms with Gasteiger partial charge in [0, 0.05) is 18.3 Å². The van der Waals surface area contributed by atoms with E-state index < -0.39 is 9.84 Å². The maximum Gasteiger partial charge on any atom is 0.253 e. The zero-order valence-electron chi connectivity index (χ0n) is 12.3. The highest BCUT2D eigenvalue weighted by molar-refractivity contribution is 7.91. The topological polar surface area (TPSA) is 85.4 Å². The smallest absolute Gasteiger partial charge is 0.253 e. The van der Waals surface area contributed by atoms with Crippen LogP contribution in [0, 0.1) is 0 Å². The molecule has 0 unspecified atom stereocenters. The van der Waals surface area contributed by atoms with Crippen LogP contribution >= 0.6 is 0 Å². The van der Waals surface area contributed by atoms with E-state index in [0.29, 0.717) is 23.6 Å². The van der Waals surface area contributed by atoms with E-state index in [1.807, 2.05) is 30.3 Å². The van der Waals surface area contributed by atoms with Crippen LogP contribution in [0.3, 0.4) is 0 Å². The predicted octanol–water partition coefficient (Wildman–Crippen LogP) is 1.79. The van der Waals surface area contributed by atoms with Gasteiger partial charge in [-0.25, -0.2) is 13.4 Å². The molecule has 2 aromatic rings. The molecule has 1 saturated heterocycles. The highest BCUT2D eigenvalue weighted by Crippen LogP contribution is 2.19. The Kier molecular flexibility index (Phi) is 4.29. The number of carbonyl (C=O) groups is 1. The van der Waals surface area contributed by atoms with Crippen molar-refractivity contribution in [3.05, 3.63) is 54.2 Å². The molecule has 0 bridgehead atoms. The van der Waals surface area contributed by atoms with Gasteiger partial charge in [0.05, 0.1) is 17.1 Å². The van der Waals surface area contributed by atoms with E-state index in [9.17, 15) is 13.2 Å². The van der Waals surface area contributed by atoms with Crippen molar-refractivity contribution in [3.63, 3.8) is 0 Å². The van der Waals surface area contributed by atoms with Crippen molar-refractivity contribution in [1.29, 1.82) is 0 Å². The monoisotopic (exact) mass is 332 g/mol. The Bertz CT molecular complexity index is 789. The molecule has 0 saturated carbocycles. The highest BCUT2D eigenvalue weighted by atomic mass is 32.2. The number of para-hydroxylation sites is 1. The van der Waals surface area contributed by atoms with E-state index in [2.05, 4.69) is 10.3 Å². The lowest BCUT2D eigenvalue weighted by Gasteiger charge is -2.11. The normalized spacial score (nSPS) is 19.2. The van der Waals surface area contributed by atoms with E-state index >= 15 is 0 Å². The van der Waals surface area contributed by atoms with Gasteiger partial charge in [-0.3, -0.25) is 4.79 Å². The summed E-state index contributed by atoms with van der Waals surface area (Å²) in [5.74, 6) is 0.844. The number of nitrogens with zero attached hydrogens (tertiary/aromatic N) is 1. The molecule has 1 aliphatic rings. The molecule has 2 heterocycles. The molecule has 23 heavy (non-hydrogen) atoms. The average molecular weight is 332 g/mol. The molecule has 0 aliphatic carbocycles. The van der Waals surface area contributed by atoms with Crippen molar-refractivity contribution in [2.45, 2.75) is 12.5 Å². The Morgan fingerprint density at radius 2 is 1.96 bits per heavy atom. The first-order chi connectivity index (χ1) is 11.0. The maximum absolute atomic E-state index is 12.1. The van der Waals surface area contributed by atoms with Crippen molar-refractivity contribution in [2.75, 3.05) is 11.5 Å². The maximum atomic E-state index is 12.1. The zero-order chi connectivity index (χ0) is 16.3. The lowest BCUT2D eigenvalue weighted by atomic mass is 10.2. The number of rotatable bonds is 4. The predicted molar refractivity (Wildman–Crippen MR) is 85.3 cm³/mol. The quantitative estimate of drug-likeness (QED) is 0.922. The van der Waals surface area contributed by atoms with Crippen LogP contribution in [0.1, 0.15) is 16.8 Å². The van der Waals surface area contributed by atoms with E-state index in [0.717, 1.165) is 0 Å². The van der Waals surface area contributed by atoms with Crippen LogP contribution in [-0.2, 0) is 9.84 Å². The molecular formula is C16H16N2O4S. The first kappa shape index (κ1) is 15.5. The lowest BCUT2D eigenvalue weighted by Crippen LogP contribution is -2.35. The number of nitrogens with one attached hydrogen (secondary N) is 1. The molecule has 7 heteroatoms. The molecule has 1 amide bonds. The van der Waals surface area contributed by atoms with Gasteiger partial charge in [-0.2, -0.15) is 0 Å². The van der Waals surface area contributed by atoms with Crippen molar-refractivity contribution >= 4 is 15.7 Å². The summed E-state index contributed by atoms with van der Waals surface area (Å²) in [6.45, 7) is 0. The molecule has 0 spiro atoms. The number of hydrogen-bond acceptors (Lipinski definition) is 5. The second-order valence-corrected chi connectivity index (χ2v) is 7.60. The number of amides is 1. The Morgan fingerprint density at radius 1 is 1.17 bits per heavy atom. The van der Waals surface area contributed by atoms with Gasteiger partial charge in [-0.15, -0.1) is 0 Å². The molecule has 3 rings (SSSR count). The van der Waals surface area contributed by atoms with Gasteiger partial charge in [0.15, 0.2) is 9.84 Å². The summed E-state index contributed by atoms with van der Waals surface area (Å²) in [6.07, 6.45) is 1.87. The number of ether oxygens (including phenoxy) is 1. The first-order valence-electron chi connectivity index (χ1n) is 7.22. The Labute approximate surface area is 134 Å². The SMILES string of the molecule is O=C(N[C@H]1CCS(=O)(=O)C1)c1ccc(Oc2ccccc2)nc1. The Balaban J connectivity index is 1.62. The van der Waals surface area contributed by atoms with Crippen LogP contribution in [0.5, 0.6) is 11.6 Å². The summed E-state index contributed by atoms with van der Waals surface area (Å²) in [5, 5.41) is 2.72. The number of hydrogen-bond donors (Lipinski definition) is 1. The number of carbonyl (C=O) groups excluding carboxylic acids is 1. The third-order valence-corrected chi connectivity index (χ3v) is 5.30. The summed E-state index contributed by atoms with van der Waals surface area (Å²) in [4.78, 5) is 16.2.